The summed E-state index contributed by atoms with van der Waals surface area (Å²) in [7, 11) is 1.90. The first-order chi connectivity index (χ1) is 6.24. The highest BCUT2D eigenvalue weighted by atomic mass is 16.3. The molecule has 2 aromatic rings. The van der Waals surface area contributed by atoms with Gasteiger partial charge in [-0.05, 0) is 18.6 Å². The van der Waals surface area contributed by atoms with Crippen LogP contribution in [0.15, 0.2) is 18.2 Å². The van der Waals surface area contributed by atoms with E-state index >= 15 is 0 Å². The maximum atomic E-state index is 9.64. The number of aromatic nitrogens is 2. The Morgan fingerprint density at radius 2 is 2.23 bits per heavy atom. The molecule has 3 nitrogen and oxygen atoms in total. The first-order valence-corrected chi connectivity index (χ1v) is 4.37. The predicted molar refractivity (Wildman–Crippen MR) is 51.8 cm³/mol. The SMILES string of the molecule is CCc1c2c(O)cccc2nn1C. The van der Waals surface area contributed by atoms with Crippen molar-refractivity contribution in [3.05, 3.63) is 23.9 Å². The summed E-state index contributed by atoms with van der Waals surface area (Å²) in [5.74, 6) is 0.322. The molecule has 0 spiro atoms. The largest absolute Gasteiger partial charge is 0.507 e. The highest BCUT2D eigenvalue weighted by Gasteiger charge is 2.09. The second-order valence-electron chi connectivity index (χ2n) is 3.10. The first kappa shape index (κ1) is 8.10. The molecule has 0 saturated heterocycles. The average molecular weight is 176 g/mol. The zero-order valence-corrected chi connectivity index (χ0v) is 7.78. The summed E-state index contributed by atoms with van der Waals surface area (Å²) in [6, 6.07) is 5.42. The third-order valence-electron chi connectivity index (χ3n) is 2.29. The van der Waals surface area contributed by atoms with Crippen LogP contribution >= 0.6 is 0 Å². The van der Waals surface area contributed by atoms with Gasteiger partial charge < -0.3 is 5.11 Å². The van der Waals surface area contributed by atoms with Crippen molar-refractivity contribution in [2.24, 2.45) is 7.05 Å². The second-order valence-corrected chi connectivity index (χ2v) is 3.10. The highest BCUT2D eigenvalue weighted by molar-refractivity contribution is 5.87. The lowest BCUT2D eigenvalue weighted by Crippen LogP contribution is -1.95. The van der Waals surface area contributed by atoms with Crippen LogP contribution in [0.1, 0.15) is 12.6 Å². The third kappa shape index (κ3) is 1.08. The fourth-order valence-corrected chi connectivity index (χ4v) is 1.70. The molecule has 2 rings (SSSR count). The maximum absolute atomic E-state index is 9.64. The Morgan fingerprint density at radius 3 is 2.92 bits per heavy atom. The molecule has 0 unspecified atom stereocenters. The van der Waals surface area contributed by atoms with E-state index in [4.69, 9.17) is 0 Å². The van der Waals surface area contributed by atoms with Gasteiger partial charge in [0, 0.05) is 12.7 Å². The summed E-state index contributed by atoms with van der Waals surface area (Å²) >= 11 is 0. The zero-order valence-electron chi connectivity index (χ0n) is 7.78. The number of nitrogens with zero attached hydrogens (tertiary/aromatic N) is 2. The van der Waals surface area contributed by atoms with Crippen molar-refractivity contribution in [3.63, 3.8) is 0 Å². The summed E-state index contributed by atoms with van der Waals surface area (Å²) in [4.78, 5) is 0. The predicted octanol–water partition coefficient (Wildman–Crippen LogP) is 1.84. The summed E-state index contributed by atoms with van der Waals surface area (Å²) in [6.07, 6.45) is 0.880. The van der Waals surface area contributed by atoms with E-state index in [0.29, 0.717) is 5.75 Å². The topological polar surface area (TPSA) is 38.1 Å². The molecule has 0 aliphatic heterocycles. The number of aryl methyl sites for hydroxylation is 2. The van der Waals surface area contributed by atoms with Gasteiger partial charge in [0.15, 0.2) is 0 Å². The van der Waals surface area contributed by atoms with Gasteiger partial charge in [-0.1, -0.05) is 13.0 Å². The number of hydrogen-bond acceptors (Lipinski definition) is 2. The Kier molecular flexibility index (Phi) is 1.72. The minimum absolute atomic E-state index is 0.322. The van der Waals surface area contributed by atoms with Gasteiger partial charge in [0.25, 0.3) is 0 Å². The van der Waals surface area contributed by atoms with Gasteiger partial charge in [0.1, 0.15) is 5.75 Å². The van der Waals surface area contributed by atoms with Crippen molar-refractivity contribution >= 4 is 10.9 Å². The molecule has 0 fully saturated rings. The molecule has 0 bridgehead atoms. The van der Waals surface area contributed by atoms with Crippen LogP contribution in [0.2, 0.25) is 0 Å². The lowest BCUT2D eigenvalue weighted by atomic mass is 10.1. The first-order valence-electron chi connectivity index (χ1n) is 4.37. The van der Waals surface area contributed by atoms with Crippen LogP contribution in [0.5, 0.6) is 5.75 Å². The van der Waals surface area contributed by atoms with E-state index in [1.807, 2.05) is 23.9 Å². The van der Waals surface area contributed by atoms with Crippen molar-refractivity contribution in [1.29, 1.82) is 0 Å². The molecule has 68 valence electrons. The van der Waals surface area contributed by atoms with E-state index in [-0.39, 0.29) is 0 Å². The van der Waals surface area contributed by atoms with Gasteiger partial charge >= 0.3 is 0 Å². The number of rotatable bonds is 1. The molecule has 13 heavy (non-hydrogen) atoms. The summed E-state index contributed by atoms with van der Waals surface area (Å²) < 4.78 is 1.82. The lowest BCUT2D eigenvalue weighted by Gasteiger charge is -1.98. The molecular formula is C10H12N2O. The molecule has 1 aromatic heterocycles. The Balaban J connectivity index is 2.88. The van der Waals surface area contributed by atoms with Gasteiger partial charge in [-0.25, -0.2) is 0 Å². The molecular weight excluding hydrogens is 164 g/mol. The molecule has 0 radical (unpaired) electrons. The molecule has 3 heteroatoms. The van der Waals surface area contributed by atoms with Crippen molar-refractivity contribution in [1.82, 2.24) is 9.78 Å². The number of fused-ring (bicyclic) bond motifs is 1. The number of aromatic hydroxyl groups is 1. The van der Waals surface area contributed by atoms with E-state index in [0.717, 1.165) is 23.0 Å². The fourth-order valence-electron chi connectivity index (χ4n) is 1.70. The molecule has 1 heterocycles. The van der Waals surface area contributed by atoms with E-state index in [9.17, 15) is 5.11 Å². The van der Waals surface area contributed by atoms with Crippen molar-refractivity contribution in [2.45, 2.75) is 13.3 Å². The van der Waals surface area contributed by atoms with Gasteiger partial charge in [-0.3, -0.25) is 4.68 Å². The Hall–Kier alpha value is -1.51. The number of phenols is 1. The molecule has 0 aliphatic carbocycles. The standard InChI is InChI=1S/C10H12N2O/c1-3-8-10-7(11-12(8)2)5-4-6-9(10)13/h4-6,13H,3H2,1-2H3. The summed E-state index contributed by atoms with van der Waals surface area (Å²) in [5.41, 5.74) is 1.94. The monoisotopic (exact) mass is 176 g/mol. The molecule has 0 aliphatic rings. The van der Waals surface area contributed by atoms with Crippen molar-refractivity contribution in [2.75, 3.05) is 0 Å². The normalized spacial score (nSPS) is 10.9. The van der Waals surface area contributed by atoms with Crippen LogP contribution < -0.4 is 0 Å². The zero-order chi connectivity index (χ0) is 9.42. The van der Waals surface area contributed by atoms with E-state index < -0.39 is 0 Å². The van der Waals surface area contributed by atoms with Crippen molar-refractivity contribution < 1.29 is 5.11 Å². The Labute approximate surface area is 76.6 Å². The Morgan fingerprint density at radius 1 is 1.46 bits per heavy atom. The van der Waals surface area contributed by atoms with Gasteiger partial charge in [0.2, 0.25) is 0 Å². The molecule has 0 saturated carbocycles. The number of hydrogen-bond donors (Lipinski definition) is 1. The van der Waals surface area contributed by atoms with Crippen LogP contribution in [-0.2, 0) is 13.5 Å². The fraction of sp³-hybridized carbons (Fsp3) is 0.300. The van der Waals surface area contributed by atoms with Crippen LogP contribution in [0.3, 0.4) is 0 Å². The minimum Gasteiger partial charge on any atom is -0.507 e. The van der Waals surface area contributed by atoms with Gasteiger partial charge in [-0.15, -0.1) is 0 Å². The van der Waals surface area contributed by atoms with E-state index in [1.54, 1.807) is 6.07 Å². The Bertz CT molecular complexity index is 445. The molecule has 0 atom stereocenters. The molecule has 1 aromatic carbocycles. The number of benzene rings is 1. The van der Waals surface area contributed by atoms with Crippen LogP contribution in [0.4, 0.5) is 0 Å². The van der Waals surface area contributed by atoms with Crippen LogP contribution in [0.25, 0.3) is 10.9 Å². The smallest absolute Gasteiger partial charge is 0.126 e. The summed E-state index contributed by atoms with van der Waals surface area (Å²) in [5, 5.41) is 14.8. The molecule has 1 N–H and O–H groups in total. The molecule has 0 amide bonds. The maximum Gasteiger partial charge on any atom is 0.126 e. The highest BCUT2D eigenvalue weighted by Crippen LogP contribution is 2.27. The second kappa shape index (κ2) is 2.76. The lowest BCUT2D eigenvalue weighted by molar-refractivity contribution is 0.481. The van der Waals surface area contributed by atoms with Crippen LogP contribution in [0, 0.1) is 0 Å². The van der Waals surface area contributed by atoms with Crippen LogP contribution in [-0.4, -0.2) is 14.9 Å². The van der Waals surface area contributed by atoms with E-state index in [1.165, 1.54) is 0 Å². The van der Waals surface area contributed by atoms with E-state index in [2.05, 4.69) is 12.0 Å². The average Bonchev–Trinajstić information content (AvgIpc) is 2.42. The quantitative estimate of drug-likeness (QED) is 0.720. The van der Waals surface area contributed by atoms with Gasteiger partial charge in [0.05, 0.1) is 10.9 Å². The minimum atomic E-state index is 0.322. The van der Waals surface area contributed by atoms with Crippen molar-refractivity contribution in [3.8, 4) is 5.75 Å². The summed E-state index contributed by atoms with van der Waals surface area (Å²) in [6.45, 7) is 2.06. The third-order valence-corrected chi connectivity index (χ3v) is 2.29. The van der Waals surface area contributed by atoms with Gasteiger partial charge in [-0.2, -0.15) is 5.10 Å². The number of phenolic OH excluding ortho intramolecular Hbond substituents is 1.